The Kier molecular flexibility index (Phi) is 4.63. The predicted octanol–water partition coefficient (Wildman–Crippen LogP) is 3.16. The van der Waals surface area contributed by atoms with E-state index in [4.69, 9.17) is 19.7 Å². The fourth-order valence-corrected chi connectivity index (χ4v) is 2.05. The minimum atomic E-state index is -0.110. The van der Waals surface area contributed by atoms with Crippen LogP contribution in [0.15, 0.2) is 28.8 Å². The molecule has 0 spiro atoms. The Hall–Kier alpha value is -2.01. The van der Waals surface area contributed by atoms with Crippen molar-refractivity contribution in [2.75, 3.05) is 14.2 Å². The van der Waals surface area contributed by atoms with Crippen LogP contribution in [0.1, 0.15) is 31.6 Å². The van der Waals surface area contributed by atoms with Gasteiger partial charge in [0.15, 0.2) is 17.3 Å². The van der Waals surface area contributed by atoms with E-state index in [1.807, 2.05) is 24.3 Å². The van der Waals surface area contributed by atoms with Gasteiger partial charge in [0.05, 0.1) is 20.3 Å². The smallest absolute Gasteiger partial charge is 0.161 e. The van der Waals surface area contributed by atoms with Crippen LogP contribution in [-0.4, -0.2) is 19.4 Å². The second kappa shape index (κ2) is 6.43. The molecule has 0 aliphatic carbocycles. The van der Waals surface area contributed by atoms with E-state index >= 15 is 0 Å². The fourth-order valence-electron chi connectivity index (χ4n) is 2.05. The van der Waals surface area contributed by atoms with Crippen LogP contribution >= 0.6 is 0 Å². The summed E-state index contributed by atoms with van der Waals surface area (Å²) >= 11 is 0. The van der Waals surface area contributed by atoms with Crippen LogP contribution in [-0.2, 0) is 0 Å². The Labute approximate surface area is 118 Å². The standard InChI is InChI=1S/C15H20N2O3/c1-4-5-11(16)14-9-12(17-20-14)10-6-7-13(18-2)15(8-10)19-3/h6-9,11H,4-5,16H2,1-3H3. The summed E-state index contributed by atoms with van der Waals surface area (Å²) in [6.45, 7) is 2.09. The lowest BCUT2D eigenvalue weighted by Gasteiger charge is -2.08. The number of methoxy groups -OCH3 is 2. The van der Waals surface area contributed by atoms with E-state index in [2.05, 4.69) is 12.1 Å². The lowest BCUT2D eigenvalue weighted by atomic mass is 10.1. The van der Waals surface area contributed by atoms with Crippen molar-refractivity contribution in [2.45, 2.75) is 25.8 Å². The molecule has 0 saturated carbocycles. The molecule has 0 saturated heterocycles. The van der Waals surface area contributed by atoms with Crippen molar-refractivity contribution >= 4 is 0 Å². The molecule has 0 bridgehead atoms. The van der Waals surface area contributed by atoms with Crippen molar-refractivity contribution in [2.24, 2.45) is 5.73 Å². The zero-order chi connectivity index (χ0) is 14.5. The van der Waals surface area contributed by atoms with Gasteiger partial charge in [-0.1, -0.05) is 18.5 Å². The van der Waals surface area contributed by atoms with Crippen molar-refractivity contribution in [1.82, 2.24) is 5.16 Å². The highest BCUT2D eigenvalue weighted by atomic mass is 16.5. The molecule has 0 radical (unpaired) electrons. The number of ether oxygens (including phenoxy) is 2. The number of aromatic nitrogens is 1. The average Bonchev–Trinajstić information content (AvgIpc) is 2.96. The predicted molar refractivity (Wildman–Crippen MR) is 76.9 cm³/mol. The Morgan fingerprint density at radius 1 is 1.20 bits per heavy atom. The van der Waals surface area contributed by atoms with Gasteiger partial charge in [-0.2, -0.15) is 0 Å². The molecule has 2 aromatic rings. The number of nitrogens with zero attached hydrogens (tertiary/aromatic N) is 1. The minimum absolute atomic E-state index is 0.110. The summed E-state index contributed by atoms with van der Waals surface area (Å²) < 4.78 is 15.8. The summed E-state index contributed by atoms with van der Waals surface area (Å²) in [5, 5.41) is 4.07. The lowest BCUT2D eigenvalue weighted by molar-refractivity contribution is 0.354. The number of rotatable bonds is 6. The fraction of sp³-hybridized carbons (Fsp3) is 0.400. The van der Waals surface area contributed by atoms with Gasteiger partial charge in [0.25, 0.3) is 0 Å². The van der Waals surface area contributed by atoms with Crippen LogP contribution in [0.4, 0.5) is 0 Å². The third-order valence-corrected chi connectivity index (χ3v) is 3.17. The third kappa shape index (κ3) is 2.93. The molecule has 20 heavy (non-hydrogen) atoms. The topological polar surface area (TPSA) is 70.5 Å². The van der Waals surface area contributed by atoms with E-state index in [-0.39, 0.29) is 6.04 Å². The Morgan fingerprint density at radius 2 is 1.95 bits per heavy atom. The van der Waals surface area contributed by atoms with Crippen molar-refractivity contribution in [1.29, 1.82) is 0 Å². The molecule has 5 nitrogen and oxygen atoms in total. The van der Waals surface area contributed by atoms with Gasteiger partial charge in [0.2, 0.25) is 0 Å². The van der Waals surface area contributed by atoms with Crippen molar-refractivity contribution < 1.29 is 14.0 Å². The summed E-state index contributed by atoms with van der Waals surface area (Å²) in [5.74, 6) is 2.05. The Balaban J connectivity index is 2.28. The monoisotopic (exact) mass is 276 g/mol. The molecule has 1 aromatic heterocycles. The highest BCUT2D eigenvalue weighted by Gasteiger charge is 2.14. The second-order valence-corrected chi connectivity index (χ2v) is 4.58. The van der Waals surface area contributed by atoms with Crippen LogP contribution in [0.3, 0.4) is 0 Å². The molecule has 0 amide bonds. The Bertz CT molecular complexity index is 566. The largest absolute Gasteiger partial charge is 0.493 e. The summed E-state index contributed by atoms with van der Waals surface area (Å²) in [6, 6.07) is 7.39. The molecule has 5 heteroatoms. The molecular weight excluding hydrogens is 256 g/mol. The molecule has 0 aliphatic rings. The van der Waals surface area contributed by atoms with Gasteiger partial charge in [-0.25, -0.2) is 0 Å². The molecule has 0 fully saturated rings. The number of hydrogen-bond acceptors (Lipinski definition) is 5. The zero-order valence-corrected chi connectivity index (χ0v) is 12.1. The third-order valence-electron chi connectivity index (χ3n) is 3.17. The molecule has 1 aromatic carbocycles. The van der Waals surface area contributed by atoms with E-state index in [9.17, 15) is 0 Å². The number of hydrogen-bond donors (Lipinski definition) is 1. The van der Waals surface area contributed by atoms with Crippen LogP contribution in [0.2, 0.25) is 0 Å². The SMILES string of the molecule is CCCC(N)c1cc(-c2ccc(OC)c(OC)c2)no1. The number of benzene rings is 1. The van der Waals surface area contributed by atoms with Gasteiger partial charge in [-0.05, 0) is 24.6 Å². The van der Waals surface area contributed by atoms with Crippen molar-refractivity contribution in [3.05, 3.63) is 30.0 Å². The maximum atomic E-state index is 6.02. The van der Waals surface area contributed by atoms with Gasteiger partial charge in [-0.3, -0.25) is 0 Å². The highest BCUT2D eigenvalue weighted by molar-refractivity contribution is 5.63. The molecule has 2 N–H and O–H groups in total. The first-order valence-electron chi connectivity index (χ1n) is 6.64. The maximum absolute atomic E-state index is 6.02. The quantitative estimate of drug-likeness (QED) is 0.877. The average molecular weight is 276 g/mol. The first kappa shape index (κ1) is 14.4. The van der Waals surface area contributed by atoms with Crippen LogP contribution in [0, 0.1) is 0 Å². The van der Waals surface area contributed by atoms with Crippen LogP contribution in [0.5, 0.6) is 11.5 Å². The van der Waals surface area contributed by atoms with E-state index in [0.29, 0.717) is 17.3 Å². The second-order valence-electron chi connectivity index (χ2n) is 4.58. The molecule has 2 rings (SSSR count). The molecule has 1 unspecified atom stereocenters. The molecule has 0 aliphatic heterocycles. The van der Waals surface area contributed by atoms with Gasteiger partial charge in [0.1, 0.15) is 5.69 Å². The molecule has 1 atom stereocenters. The number of nitrogens with two attached hydrogens (primary N) is 1. The summed E-state index contributed by atoms with van der Waals surface area (Å²) in [4.78, 5) is 0. The first-order chi connectivity index (χ1) is 9.69. The molecular formula is C15H20N2O3. The Morgan fingerprint density at radius 3 is 2.60 bits per heavy atom. The minimum Gasteiger partial charge on any atom is -0.493 e. The van der Waals surface area contributed by atoms with Crippen molar-refractivity contribution in [3.8, 4) is 22.8 Å². The highest BCUT2D eigenvalue weighted by Crippen LogP contribution is 2.32. The normalized spacial score (nSPS) is 12.2. The summed E-state index contributed by atoms with van der Waals surface area (Å²) in [6.07, 6.45) is 1.88. The first-order valence-corrected chi connectivity index (χ1v) is 6.64. The summed E-state index contributed by atoms with van der Waals surface area (Å²) in [7, 11) is 3.21. The van der Waals surface area contributed by atoms with Gasteiger partial charge in [0, 0.05) is 11.6 Å². The van der Waals surface area contributed by atoms with Gasteiger partial charge >= 0.3 is 0 Å². The van der Waals surface area contributed by atoms with E-state index in [0.717, 1.165) is 24.1 Å². The van der Waals surface area contributed by atoms with E-state index < -0.39 is 0 Å². The zero-order valence-electron chi connectivity index (χ0n) is 12.1. The van der Waals surface area contributed by atoms with Crippen LogP contribution < -0.4 is 15.2 Å². The van der Waals surface area contributed by atoms with E-state index in [1.54, 1.807) is 14.2 Å². The van der Waals surface area contributed by atoms with E-state index in [1.165, 1.54) is 0 Å². The van der Waals surface area contributed by atoms with Crippen LogP contribution in [0.25, 0.3) is 11.3 Å². The van der Waals surface area contributed by atoms with Gasteiger partial charge < -0.3 is 19.7 Å². The molecule has 108 valence electrons. The maximum Gasteiger partial charge on any atom is 0.161 e. The summed E-state index contributed by atoms with van der Waals surface area (Å²) in [5.41, 5.74) is 7.67. The van der Waals surface area contributed by atoms with Gasteiger partial charge in [-0.15, -0.1) is 0 Å². The lowest BCUT2D eigenvalue weighted by Crippen LogP contribution is -2.08. The van der Waals surface area contributed by atoms with Crippen molar-refractivity contribution in [3.63, 3.8) is 0 Å². The molecule has 1 heterocycles.